The number of aromatic nitrogens is 1. The minimum absolute atomic E-state index is 0.0445. The van der Waals surface area contributed by atoms with Crippen molar-refractivity contribution in [2.24, 2.45) is 5.92 Å². The molecular weight excluding hydrogens is 344 g/mol. The lowest BCUT2D eigenvalue weighted by molar-refractivity contribution is -0.142. The summed E-state index contributed by atoms with van der Waals surface area (Å²) in [5, 5.41) is 4.76. The second kappa shape index (κ2) is 8.94. The number of nitrogens with zero attached hydrogens (tertiary/aromatic N) is 1. The molecular formula is C17H26N2O5S. The molecule has 0 saturated heterocycles. The van der Waals surface area contributed by atoms with Crippen molar-refractivity contribution in [1.29, 1.82) is 0 Å². The molecule has 0 aliphatic heterocycles. The van der Waals surface area contributed by atoms with Gasteiger partial charge in [-0.3, -0.25) is 9.59 Å². The van der Waals surface area contributed by atoms with E-state index in [4.69, 9.17) is 9.47 Å². The summed E-state index contributed by atoms with van der Waals surface area (Å²) in [6.07, 6.45) is -0.425. The van der Waals surface area contributed by atoms with Crippen LogP contribution in [-0.4, -0.2) is 34.5 Å². The predicted molar refractivity (Wildman–Crippen MR) is 94.5 cm³/mol. The van der Waals surface area contributed by atoms with Gasteiger partial charge in [-0.05, 0) is 26.7 Å². The fourth-order valence-electron chi connectivity index (χ4n) is 1.88. The number of ketones is 1. The lowest BCUT2D eigenvalue weighted by atomic mass is 9.99. The quantitative estimate of drug-likeness (QED) is 0.584. The number of rotatable bonds is 7. The van der Waals surface area contributed by atoms with Gasteiger partial charge in [-0.25, -0.2) is 9.78 Å². The SMILES string of the molecule is CC(=O)OCc1csc(C(=O)C[C@@H](NC(=O)OC(C)(C)C)C(C)C)n1. The fraction of sp³-hybridized carbons (Fsp3) is 0.647. The monoisotopic (exact) mass is 370 g/mol. The Morgan fingerprint density at radius 2 is 1.92 bits per heavy atom. The summed E-state index contributed by atoms with van der Waals surface area (Å²) >= 11 is 1.20. The lowest BCUT2D eigenvalue weighted by Gasteiger charge is -2.25. The van der Waals surface area contributed by atoms with Gasteiger partial charge in [-0.2, -0.15) is 0 Å². The lowest BCUT2D eigenvalue weighted by Crippen LogP contribution is -2.42. The summed E-state index contributed by atoms with van der Waals surface area (Å²) in [6, 6.07) is -0.358. The van der Waals surface area contributed by atoms with Crippen molar-refractivity contribution in [2.45, 2.75) is 66.2 Å². The Morgan fingerprint density at radius 1 is 1.28 bits per heavy atom. The van der Waals surface area contributed by atoms with E-state index in [9.17, 15) is 14.4 Å². The number of hydrogen-bond donors (Lipinski definition) is 1. The number of esters is 1. The van der Waals surface area contributed by atoms with Crippen molar-refractivity contribution in [1.82, 2.24) is 10.3 Å². The molecule has 140 valence electrons. The Hall–Kier alpha value is -1.96. The van der Waals surface area contributed by atoms with E-state index in [-0.39, 0.29) is 30.8 Å². The van der Waals surface area contributed by atoms with E-state index in [0.717, 1.165) is 0 Å². The predicted octanol–water partition coefficient (Wildman–Crippen LogP) is 3.33. The van der Waals surface area contributed by atoms with E-state index in [1.807, 2.05) is 13.8 Å². The molecule has 0 fully saturated rings. The number of nitrogens with one attached hydrogen (secondary N) is 1. The van der Waals surface area contributed by atoms with Crippen LogP contribution in [0.3, 0.4) is 0 Å². The first-order chi connectivity index (χ1) is 11.5. The van der Waals surface area contributed by atoms with Crippen LogP contribution in [0.2, 0.25) is 0 Å². The number of carbonyl (C=O) groups is 3. The minimum atomic E-state index is -0.601. The summed E-state index contributed by atoms with van der Waals surface area (Å²) in [7, 11) is 0. The molecule has 1 rings (SSSR count). The minimum Gasteiger partial charge on any atom is -0.459 e. The van der Waals surface area contributed by atoms with Crippen LogP contribution in [0.25, 0.3) is 0 Å². The van der Waals surface area contributed by atoms with Crippen molar-refractivity contribution >= 4 is 29.2 Å². The third-order valence-corrected chi connectivity index (χ3v) is 4.06. The van der Waals surface area contributed by atoms with Crippen LogP contribution in [0.1, 0.15) is 63.5 Å². The first kappa shape index (κ1) is 21.1. The van der Waals surface area contributed by atoms with Gasteiger partial charge in [-0.1, -0.05) is 13.8 Å². The van der Waals surface area contributed by atoms with Gasteiger partial charge in [0.05, 0.1) is 5.69 Å². The average Bonchev–Trinajstić information content (AvgIpc) is 2.91. The van der Waals surface area contributed by atoms with Gasteiger partial charge in [0.25, 0.3) is 0 Å². The second-order valence-corrected chi connectivity index (χ2v) is 7.91. The average molecular weight is 370 g/mol. The van der Waals surface area contributed by atoms with Gasteiger partial charge < -0.3 is 14.8 Å². The first-order valence-electron chi connectivity index (χ1n) is 8.08. The van der Waals surface area contributed by atoms with Gasteiger partial charge in [0.1, 0.15) is 12.2 Å². The third kappa shape index (κ3) is 8.11. The molecule has 25 heavy (non-hydrogen) atoms. The van der Waals surface area contributed by atoms with Crippen LogP contribution in [0.15, 0.2) is 5.38 Å². The second-order valence-electron chi connectivity index (χ2n) is 7.05. The van der Waals surface area contributed by atoms with E-state index in [1.165, 1.54) is 18.3 Å². The van der Waals surface area contributed by atoms with Crippen molar-refractivity contribution in [2.75, 3.05) is 0 Å². The van der Waals surface area contributed by atoms with E-state index in [1.54, 1.807) is 26.2 Å². The number of carbonyl (C=O) groups excluding carboxylic acids is 3. The molecule has 0 unspecified atom stereocenters. The van der Waals surface area contributed by atoms with Crippen LogP contribution >= 0.6 is 11.3 Å². The zero-order valence-electron chi connectivity index (χ0n) is 15.5. The molecule has 1 aromatic heterocycles. The van der Waals surface area contributed by atoms with Crippen LogP contribution in [0.5, 0.6) is 0 Å². The molecule has 0 aliphatic carbocycles. The molecule has 1 amide bonds. The van der Waals surface area contributed by atoms with Crippen molar-refractivity contribution in [3.8, 4) is 0 Å². The van der Waals surface area contributed by atoms with E-state index in [0.29, 0.717) is 10.7 Å². The summed E-state index contributed by atoms with van der Waals surface area (Å²) in [6.45, 7) is 10.5. The highest BCUT2D eigenvalue weighted by Gasteiger charge is 2.25. The molecule has 0 saturated carbocycles. The highest BCUT2D eigenvalue weighted by atomic mass is 32.1. The number of alkyl carbamates (subject to hydrolysis) is 1. The van der Waals surface area contributed by atoms with E-state index < -0.39 is 17.7 Å². The number of amides is 1. The summed E-state index contributed by atoms with van der Waals surface area (Å²) in [4.78, 5) is 39.4. The van der Waals surface area contributed by atoms with Crippen LogP contribution in [-0.2, 0) is 20.9 Å². The maximum absolute atomic E-state index is 12.4. The summed E-state index contributed by atoms with van der Waals surface area (Å²) < 4.78 is 10.1. The Morgan fingerprint density at radius 3 is 2.44 bits per heavy atom. The van der Waals surface area contributed by atoms with Crippen LogP contribution in [0, 0.1) is 5.92 Å². The van der Waals surface area contributed by atoms with Crippen molar-refractivity contribution < 1.29 is 23.9 Å². The van der Waals surface area contributed by atoms with Gasteiger partial charge in [0.15, 0.2) is 10.8 Å². The molecule has 1 heterocycles. The molecule has 1 N–H and O–H groups in total. The first-order valence-corrected chi connectivity index (χ1v) is 8.96. The topological polar surface area (TPSA) is 94.6 Å². The number of Topliss-reactive ketones (excluding diaryl/α,β-unsaturated/α-hetero) is 1. The summed E-state index contributed by atoms with van der Waals surface area (Å²) in [5.41, 5.74) is -0.0685. The van der Waals surface area contributed by atoms with Crippen LogP contribution < -0.4 is 5.32 Å². The maximum Gasteiger partial charge on any atom is 0.407 e. The Labute approximate surface area is 152 Å². The molecule has 8 heteroatoms. The summed E-state index contributed by atoms with van der Waals surface area (Å²) in [5.74, 6) is -0.520. The van der Waals surface area contributed by atoms with Crippen molar-refractivity contribution in [3.63, 3.8) is 0 Å². The maximum atomic E-state index is 12.4. The Bertz CT molecular complexity index is 619. The van der Waals surface area contributed by atoms with Crippen LogP contribution in [0.4, 0.5) is 4.79 Å². The van der Waals surface area contributed by atoms with E-state index >= 15 is 0 Å². The van der Waals surface area contributed by atoms with E-state index in [2.05, 4.69) is 10.3 Å². The zero-order valence-corrected chi connectivity index (χ0v) is 16.4. The van der Waals surface area contributed by atoms with Crippen molar-refractivity contribution in [3.05, 3.63) is 16.1 Å². The molecule has 0 spiro atoms. The standard InChI is InChI=1S/C17H26N2O5S/c1-10(2)13(19-16(22)24-17(4,5)6)7-14(21)15-18-12(9-25-15)8-23-11(3)20/h9-10,13H,7-8H2,1-6H3,(H,19,22)/t13-/m1/s1. The molecule has 1 aromatic rings. The number of thiazole rings is 1. The molecule has 0 aromatic carbocycles. The smallest absolute Gasteiger partial charge is 0.407 e. The molecule has 0 radical (unpaired) electrons. The normalized spacial score (nSPS) is 12.6. The largest absolute Gasteiger partial charge is 0.459 e. The molecule has 0 bridgehead atoms. The van der Waals surface area contributed by atoms with Gasteiger partial charge in [0.2, 0.25) is 0 Å². The Balaban J connectivity index is 2.67. The number of ether oxygens (including phenoxy) is 2. The fourth-order valence-corrected chi connectivity index (χ4v) is 2.63. The molecule has 0 aliphatic rings. The highest BCUT2D eigenvalue weighted by molar-refractivity contribution is 7.11. The zero-order chi connectivity index (χ0) is 19.2. The Kier molecular flexibility index (Phi) is 7.54. The number of hydrogen-bond acceptors (Lipinski definition) is 7. The van der Waals surface area contributed by atoms with Gasteiger partial charge in [0, 0.05) is 24.8 Å². The molecule has 7 nitrogen and oxygen atoms in total. The molecule has 1 atom stereocenters. The highest BCUT2D eigenvalue weighted by Crippen LogP contribution is 2.17. The third-order valence-electron chi connectivity index (χ3n) is 3.13. The van der Waals surface area contributed by atoms with Gasteiger partial charge >= 0.3 is 12.1 Å². The van der Waals surface area contributed by atoms with Gasteiger partial charge in [-0.15, -0.1) is 11.3 Å².